The molecule has 0 aromatic carbocycles. The number of nitrogens with zero attached hydrogens (tertiary/aromatic N) is 1. The van der Waals surface area contributed by atoms with Crippen LogP contribution in [0.1, 0.15) is 0 Å². The van der Waals surface area contributed by atoms with Crippen LogP contribution in [0.5, 0.6) is 0 Å². The maximum atomic E-state index is 3.91. The summed E-state index contributed by atoms with van der Waals surface area (Å²) in [5, 5.41) is 0. The molecule has 0 rings (SSSR count). The molecule has 0 unspecified atom stereocenters. The van der Waals surface area contributed by atoms with Gasteiger partial charge in [-0.1, -0.05) is 37.6 Å². The fourth-order valence-electron chi connectivity index (χ4n) is 1.02. The second-order valence-electron chi connectivity index (χ2n) is 4.27. The van der Waals surface area contributed by atoms with Gasteiger partial charge in [-0.25, -0.2) is 0 Å². The maximum absolute atomic E-state index is 3.91. The monoisotopic (exact) mass is 199 g/mol. The molecule has 0 aromatic rings. The zero-order valence-corrected chi connectivity index (χ0v) is 11.0. The Morgan fingerprint density at radius 2 is 1.17 bits per heavy atom. The molecule has 0 saturated carbocycles. The topological polar surface area (TPSA) is 3.24 Å². The third kappa shape index (κ3) is 2.43. The van der Waals surface area contributed by atoms with Crippen LogP contribution in [0.2, 0.25) is 26.2 Å². The molecular weight excluding hydrogens is 178 g/mol. The second kappa shape index (κ2) is 3.72. The first kappa shape index (κ1) is 11.9. The lowest BCUT2D eigenvalue weighted by Gasteiger charge is -2.40. The Morgan fingerprint density at radius 1 is 0.917 bits per heavy atom. The van der Waals surface area contributed by atoms with Crippen molar-refractivity contribution in [1.82, 2.24) is 4.23 Å². The third-order valence-electron chi connectivity index (χ3n) is 2.73. The molecule has 0 bridgehead atoms. The summed E-state index contributed by atoms with van der Waals surface area (Å²) in [6.45, 7) is 17.1. The van der Waals surface area contributed by atoms with Crippen LogP contribution in [-0.2, 0) is 0 Å². The van der Waals surface area contributed by atoms with Gasteiger partial charge in [-0.05, 0) is 7.05 Å². The van der Waals surface area contributed by atoms with E-state index in [0.29, 0.717) is 0 Å². The average molecular weight is 199 g/mol. The molecule has 0 saturated heterocycles. The highest BCUT2D eigenvalue weighted by atomic mass is 28.4. The van der Waals surface area contributed by atoms with Crippen molar-refractivity contribution < 1.29 is 0 Å². The average Bonchev–Trinajstić information content (AvgIpc) is 2.03. The maximum Gasteiger partial charge on any atom is 0.139 e. The van der Waals surface area contributed by atoms with Crippen molar-refractivity contribution in [2.45, 2.75) is 26.2 Å². The van der Waals surface area contributed by atoms with Crippen molar-refractivity contribution in [3.63, 3.8) is 0 Å². The van der Waals surface area contributed by atoms with Crippen molar-refractivity contribution in [2.24, 2.45) is 0 Å². The first-order chi connectivity index (χ1) is 5.28. The van der Waals surface area contributed by atoms with Gasteiger partial charge in [0.25, 0.3) is 0 Å². The lowest BCUT2D eigenvalue weighted by atomic mass is 11.3. The van der Waals surface area contributed by atoms with Crippen LogP contribution < -0.4 is 0 Å². The molecule has 0 aliphatic heterocycles. The quantitative estimate of drug-likeness (QED) is 0.629. The first-order valence-corrected chi connectivity index (χ1v) is 10.3. The second-order valence-corrected chi connectivity index (χ2v) is 13.5. The Bertz CT molecular complexity index is 165. The zero-order chi connectivity index (χ0) is 9.99. The van der Waals surface area contributed by atoms with Crippen LogP contribution in [-0.4, -0.2) is 27.7 Å². The normalized spacial score (nSPS) is 13.2. The van der Waals surface area contributed by atoms with E-state index in [2.05, 4.69) is 62.0 Å². The van der Waals surface area contributed by atoms with Gasteiger partial charge in [0.2, 0.25) is 0 Å². The van der Waals surface area contributed by atoms with E-state index < -0.39 is 16.5 Å². The van der Waals surface area contributed by atoms with E-state index in [1.165, 1.54) is 0 Å². The number of rotatable bonds is 4. The fraction of sp³-hybridized carbons (Fsp3) is 0.556. The Labute approximate surface area is 79.0 Å². The van der Waals surface area contributed by atoms with Gasteiger partial charge in [0, 0.05) is 0 Å². The largest absolute Gasteiger partial charge is 0.342 e. The summed E-state index contributed by atoms with van der Waals surface area (Å²) >= 11 is 0. The van der Waals surface area contributed by atoms with E-state index in [0.717, 1.165) is 0 Å². The molecule has 0 atom stereocenters. The minimum Gasteiger partial charge on any atom is -0.342 e. The molecule has 0 amide bonds. The molecule has 0 aliphatic rings. The molecule has 0 aliphatic carbocycles. The highest BCUT2D eigenvalue weighted by Crippen LogP contribution is 2.18. The predicted octanol–water partition coefficient (Wildman–Crippen LogP) is 2.78. The molecule has 70 valence electrons. The van der Waals surface area contributed by atoms with Gasteiger partial charge < -0.3 is 4.23 Å². The van der Waals surface area contributed by atoms with E-state index in [4.69, 9.17) is 0 Å². The van der Waals surface area contributed by atoms with E-state index >= 15 is 0 Å². The summed E-state index contributed by atoms with van der Waals surface area (Å²) in [7, 11) is -0.489. The van der Waals surface area contributed by atoms with Crippen LogP contribution >= 0.6 is 0 Å². The highest BCUT2D eigenvalue weighted by Gasteiger charge is 2.33. The van der Waals surface area contributed by atoms with E-state index in [-0.39, 0.29) is 0 Å². The lowest BCUT2D eigenvalue weighted by Crippen LogP contribution is -2.58. The third-order valence-corrected chi connectivity index (χ3v) is 11.6. The zero-order valence-electron chi connectivity index (χ0n) is 9.02. The number of hydrogen-bond acceptors (Lipinski definition) is 1. The van der Waals surface area contributed by atoms with Crippen molar-refractivity contribution in [1.29, 1.82) is 0 Å². The molecule has 0 aromatic heterocycles. The van der Waals surface area contributed by atoms with Crippen LogP contribution in [0.15, 0.2) is 24.6 Å². The van der Waals surface area contributed by atoms with Crippen molar-refractivity contribution in [3.05, 3.63) is 24.6 Å². The molecule has 3 heteroatoms. The van der Waals surface area contributed by atoms with Gasteiger partial charge in [0.15, 0.2) is 0 Å². The Kier molecular flexibility index (Phi) is 3.68. The van der Waals surface area contributed by atoms with Crippen LogP contribution in [0.4, 0.5) is 0 Å². The summed E-state index contributed by atoms with van der Waals surface area (Å²) in [4.78, 5) is 0. The van der Waals surface area contributed by atoms with Gasteiger partial charge in [-0.2, -0.15) is 0 Å². The molecule has 0 fully saturated rings. The Balaban J connectivity index is 4.69. The minimum absolute atomic E-state index is 1.35. The molecular formula is C9H21NSi2. The first-order valence-electron chi connectivity index (χ1n) is 4.29. The van der Waals surface area contributed by atoms with E-state index in [1.54, 1.807) is 0 Å². The SMILES string of the molecule is C=C[Si](C)(C)N(C)[Si](C)(C)C=C. The molecule has 1 nitrogen and oxygen atoms in total. The standard InChI is InChI=1S/C9H21NSi2/c1-8-11(4,5)10(3)12(6,7)9-2/h8-9H,1-2H2,3-7H3. The van der Waals surface area contributed by atoms with Crippen molar-refractivity contribution >= 4 is 16.5 Å². The molecule has 0 radical (unpaired) electrons. The van der Waals surface area contributed by atoms with Gasteiger partial charge in [-0.3, -0.25) is 0 Å². The predicted molar refractivity (Wildman–Crippen MR) is 63.1 cm³/mol. The molecule has 0 spiro atoms. The smallest absolute Gasteiger partial charge is 0.139 e. The van der Waals surface area contributed by atoms with E-state index in [1.807, 2.05) is 0 Å². The Morgan fingerprint density at radius 3 is 1.33 bits per heavy atom. The number of hydrogen-bond donors (Lipinski definition) is 0. The molecule has 0 N–H and O–H groups in total. The summed E-state index contributed by atoms with van der Waals surface area (Å²) < 4.78 is 2.53. The summed E-state index contributed by atoms with van der Waals surface area (Å²) in [5.74, 6) is 0. The van der Waals surface area contributed by atoms with Crippen LogP contribution in [0.25, 0.3) is 0 Å². The summed E-state index contributed by atoms with van der Waals surface area (Å²) in [6.07, 6.45) is 0. The van der Waals surface area contributed by atoms with Crippen molar-refractivity contribution in [2.75, 3.05) is 7.05 Å². The molecule has 12 heavy (non-hydrogen) atoms. The van der Waals surface area contributed by atoms with Crippen molar-refractivity contribution in [3.8, 4) is 0 Å². The van der Waals surface area contributed by atoms with Crippen LogP contribution in [0, 0.1) is 0 Å². The fourth-order valence-corrected chi connectivity index (χ4v) is 8.05. The lowest BCUT2D eigenvalue weighted by molar-refractivity contribution is 0.772. The van der Waals surface area contributed by atoms with Crippen LogP contribution in [0.3, 0.4) is 0 Å². The van der Waals surface area contributed by atoms with Gasteiger partial charge >= 0.3 is 0 Å². The Hall–Kier alpha value is -0.126. The van der Waals surface area contributed by atoms with E-state index in [9.17, 15) is 0 Å². The molecule has 0 heterocycles. The minimum atomic E-state index is -1.35. The van der Waals surface area contributed by atoms with Gasteiger partial charge in [-0.15, -0.1) is 13.2 Å². The van der Waals surface area contributed by atoms with Gasteiger partial charge in [0.05, 0.1) is 0 Å². The summed E-state index contributed by atoms with van der Waals surface area (Å²) in [6, 6.07) is 0. The van der Waals surface area contributed by atoms with Gasteiger partial charge in [0.1, 0.15) is 16.5 Å². The highest BCUT2D eigenvalue weighted by molar-refractivity contribution is 6.94. The summed E-state index contributed by atoms with van der Waals surface area (Å²) in [5.41, 5.74) is 4.26.